The number of nitrogens with one attached hydrogen (secondary N) is 2. The van der Waals surface area contributed by atoms with Gasteiger partial charge in [-0.3, -0.25) is 4.79 Å². The van der Waals surface area contributed by atoms with Crippen molar-refractivity contribution in [1.82, 2.24) is 20.3 Å². The van der Waals surface area contributed by atoms with E-state index in [0.29, 0.717) is 25.9 Å². The molecule has 1 amide bonds. The maximum absolute atomic E-state index is 12.2. The molecule has 0 saturated heterocycles. The van der Waals surface area contributed by atoms with Crippen LogP contribution in [0.25, 0.3) is 11.1 Å². The number of nitrogens with two attached hydrogens (primary N) is 1. The second-order valence-corrected chi connectivity index (χ2v) is 6.02. The summed E-state index contributed by atoms with van der Waals surface area (Å²) in [7, 11) is 1.25. The van der Waals surface area contributed by atoms with Crippen LogP contribution in [-0.4, -0.2) is 33.9 Å². The number of nitrogen functional groups attached to an aromatic ring is 1. The summed E-state index contributed by atoms with van der Waals surface area (Å²) in [5.41, 5.74) is 7.28. The van der Waals surface area contributed by atoms with Crippen LogP contribution < -0.4 is 11.1 Å². The number of hydrogen-bond acceptors (Lipinski definition) is 6. The highest BCUT2D eigenvalue weighted by atomic mass is 79.9. The smallest absolute Gasteiger partial charge is 0.357 e. The summed E-state index contributed by atoms with van der Waals surface area (Å²) in [6.07, 6.45) is 0. The normalized spacial score (nSPS) is 13.0. The largest absolute Gasteiger partial charge is 0.464 e. The lowest BCUT2D eigenvalue weighted by Crippen LogP contribution is -2.22. The van der Waals surface area contributed by atoms with Crippen molar-refractivity contribution >= 4 is 49.7 Å². The average Bonchev–Trinajstić information content (AvgIpc) is 2.71. The molecule has 22 heavy (non-hydrogen) atoms. The van der Waals surface area contributed by atoms with Crippen LogP contribution in [0.1, 0.15) is 26.7 Å². The molecule has 3 rings (SSSR count). The minimum Gasteiger partial charge on any atom is -0.464 e. The number of methoxy groups -OCH3 is 1. The van der Waals surface area contributed by atoms with Crippen molar-refractivity contribution < 1.29 is 14.3 Å². The van der Waals surface area contributed by atoms with E-state index in [4.69, 9.17) is 10.5 Å². The van der Waals surface area contributed by atoms with Crippen molar-refractivity contribution in [1.29, 1.82) is 0 Å². The van der Waals surface area contributed by atoms with E-state index >= 15 is 0 Å². The fourth-order valence-electron chi connectivity index (χ4n) is 2.27. The number of esters is 1. The minimum absolute atomic E-state index is 0.00921. The number of H-pyrrole nitrogens is 1. The van der Waals surface area contributed by atoms with E-state index in [2.05, 4.69) is 52.1 Å². The highest BCUT2D eigenvalue weighted by molar-refractivity contribution is 9.13. The molecule has 1 aliphatic rings. The van der Waals surface area contributed by atoms with Crippen LogP contribution in [0.5, 0.6) is 0 Å². The Morgan fingerprint density at radius 3 is 2.73 bits per heavy atom. The first kappa shape index (κ1) is 15.0. The molecule has 0 fully saturated rings. The molecular formula is C12H9Br2N5O3. The highest BCUT2D eigenvalue weighted by Crippen LogP contribution is 2.41. The number of hydrogen-bond donors (Lipinski definition) is 3. The Hall–Kier alpha value is -1.94. The van der Waals surface area contributed by atoms with Gasteiger partial charge in [-0.1, -0.05) is 0 Å². The third-order valence-corrected chi connectivity index (χ3v) is 5.09. The van der Waals surface area contributed by atoms with Gasteiger partial charge in [-0.05, 0) is 31.9 Å². The quantitative estimate of drug-likeness (QED) is 0.590. The van der Waals surface area contributed by atoms with Gasteiger partial charge in [0.2, 0.25) is 5.95 Å². The van der Waals surface area contributed by atoms with Crippen LogP contribution in [0.2, 0.25) is 0 Å². The maximum Gasteiger partial charge on any atom is 0.357 e. The highest BCUT2D eigenvalue weighted by Gasteiger charge is 2.32. The third kappa shape index (κ3) is 2.18. The molecule has 0 saturated carbocycles. The summed E-state index contributed by atoms with van der Waals surface area (Å²) < 4.78 is 5.91. The summed E-state index contributed by atoms with van der Waals surface area (Å²) >= 11 is 6.70. The number of ether oxygens (including phenoxy) is 1. The number of carbonyl (C=O) groups excluding carboxylic acids is 2. The third-order valence-electron chi connectivity index (χ3n) is 3.17. The predicted molar refractivity (Wildman–Crippen MR) is 84.1 cm³/mol. The lowest BCUT2D eigenvalue weighted by molar-refractivity contribution is 0.0594. The Morgan fingerprint density at radius 1 is 1.32 bits per heavy atom. The Labute approximate surface area is 141 Å². The van der Waals surface area contributed by atoms with Crippen molar-refractivity contribution in [3.8, 4) is 11.1 Å². The summed E-state index contributed by atoms with van der Waals surface area (Å²) in [4.78, 5) is 35.3. The van der Waals surface area contributed by atoms with Crippen LogP contribution in [0.3, 0.4) is 0 Å². The molecule has 1 aliphatic heterocycles. The van der Waals surface area contributed by atoms with Crippen LogP contribution in [0.15, 0.2) is 9.08 Å². The number of aromatic nitrogens is 3. The summed E-state index contributed by atoms with van der Waals surface area (Å²) in [5, 5.41) is 2.70. The van der Waals surface area contributed by atoms with E-state index in [0.717, 1.165) is 0 Å². The minimum atomic E-state index is -0.658. The van der Waals surface area contributed by atoms with Gasteiger partial charge in [0.1, 0.15) is 5.69 Å². The second kappa shape index (κ2) is 5.36. The molecule has 2 aromatic heterocycles. The molecule has 0 unspecified atom stereocenters. The second-order valence-electron chi connectivity index (χ2n) is 4.43. The number of halogens is 2. The van der Waals surface area contributed by atoms with Crippen molar-refractivity contribution in [3.05, 3.63) is 26.2 Å². The number of nitrogens with zero attached hydrogens (tertiary/aromatic N) is 2. The molecule has 0 aliphatic carbocycles. The Bertz CT molecular complexity index is 818. The van der Waals surface area contributed by atoms with Crippen molar-refractivity contribution in [2.45, 2.75) is 6.54 Å². The van der Waals surface area contributed by atoms with Crippen molar-refractivity contribution in [2.75, 3.05) is 12.8 Å². The monoisotopic (exact) mass is 429 g/mol. The van der Waals surface area contributed by atoms with E-state index in [1.54, 1.807) is 0 Å². The first-order valence-electron chi connectivity index (χ1n) is 6.04. The number of anilines is 1. The van der Waals surface area contributed by atoms with E-state index in [9.17, 15) is 9.59 Å². The molecule has 2 aromatic rings. The van der Waals surface area contributed by atoms with Crippen molar-refractivity contribution in [3.63, 3.8) is 0 Å². The molecule has 10 heteroatoms. The standard InChI is InChI=1S/C12H9Br2N5O3/c1-22-11(21)8-4-3(17-12(15)19-8)2-16-10(20)7-5(4)6(13)9(14)18-7/h18H,2H2,1H3,(H,16,20)(H2,15,17,19). The molecule has 0 radical (unpaired) electrons. The molecule has 3 heterocycles. The molecule has 114 valence electrons. The van der Waals surface area contributed by atoms with Crippen LogP contribution in [0.4, 0.5) is 5.95 Å². The van der Waals surface area contributed by atoms with E-state index in [1.165, 1.54) is 7.11 Å². The SMILES string of the molecule is COC(=O)c1nc(N)nc2c1-c1c([nH]c(Br)c1Br)C(=O)NC2. The van der Waals surface area contributed by atoms with Crippen LogP contribution >= 0.6 is 31.9 Å². The molecule has 0 aromatic carbocycles. The molecule has 4 N–H and O–H groups in total. The van der Waals surface area contributed by atoms with Gasteiger partial charge >= 0.3 is 5.97 Å². The molecular weight excluding hydrogens is 422 g/mol. The predicted octanol–water partition coefficient (Wildman–Crippen LogP) is 1.61. The lowest BCUT2D eigenvalue weighted by Gasteiger charge is -2.11. The van der Waals surface area contributed by atoms with Gasteiger partial charge in [0.25, 0.3) is 5.91 Å². The lowest BCUT2D eigenvalue weighted by atomic mass is 10.0. The molecule has 0 bridgehead atoms. The Kier molecular flexibility index (Phi) is 3.65. The fraction of sp³-hybridized carbons (Fsp3) is 0.167. The fourth-order valence-corrected chi connectivity index (χ4v) is 3.16. The first-order chi connectivity index (χ1) is 10.4. The van der Waals surface area contributed by atoms with Crippen LogP contribution in [-0.2, 0) is 11.3 Å². The van der Waals surface area contributed by atoms with Gasteiger partial charge in [0.05, 0.1) is 28.4 Å². The maximum atomic E-state index is 12.2. The van der Waals surface area contributed by atoms with Gasteiger partial charge in [0.15, 0.2) is 5.69 Å². The topological polar surface area (TPSA) is 123 Å². The van der Waals surface area contributed by atoms with Gasteiger partial charge in [0, 0.05) is 11.1 Å². The summed E-state index contributed by atoms with van der Waals surface area (Å²) in [5.74, 6) is -1.05. The molecule has 0 atom stereocenters. The first-order valence-corrected chi connectivity index (χ1v) is 7.62. The van der Waals surface area contributed by atoms with Gasteiger partial charge in [-0.25, -0.2) is 14.8 Å². The number of fused-ring (bicyclic) bond motifs is 3. The molecule has 8 nitrogen and oxygen atoms in total. The van der Waals surface area contributed by atoms with Gasteiger partial charge < -0.3 is 20.8 Å². The zero-order valence-electron chi connectivity index (χ0n) is 11.2. The molecule has 0 spiro atoms. The summed E-state index contributed by atoms with van der Waals surface area (Å²) in [6, 6.07) is 0. The summed E-state index contributed by atoms with van der Waals surface area (Å²) in [6.45, 7) is 0.122. The average molecular weight is 431 g/mol. The Balaban J connectivity index is 2.42. The van der Waals surface area contributed by atoms with Gasteiger partial charge in [-0.15, -0.1) is 0 Å². The number of carbonyl (C=O) groups is 2. The zero-order valence-corrected chi connectivity index (χ0v) is 14.3. The van der Waals surface area contributed by atoms with E-state index in [1.807, 2.05) is 0 Å². The number of aromatic amines is 1. The zero-order chi connectivity index (χ0) is 16.0. The van der Waals surface area contributed by atoms with E-state index in [-0.39, 0.29) is 29.8 Å². The Morgan fingerprint density at radius 2 is 2.05 bits per heavy atom. The van der Waals surface area contributed by atoms with Crippen LogP contribution in [0, 0.1) is 0 Å². The number of amides is 1. The van der Waals surface area contributed by atoms with E-state index < -0.39 is 5.97 Å². The van der Waals surface area contributed by atoms with Gasteiger partial charge in [-0.2, -0.15) is 0 Å². The number of rotatable bonds is 1. The van der Waals surface area contributed by atoms with Crippen molar-refractivity contribution in [2.24, 2.45) is 0 Å².